The van der Waals surface area contributed by atoms with E-state index in [4.69, 9.17) is 9.84 Å². The number of hydrogen-bond donors (Lipinski definition) is 2. The van der Waals surface area contributed by atoms with Crippen LogP contribution in [0.2, 0.25) is 0 Å². The highest BCUT2D eigenvalue weighted by atomic mass is 19.1. The fourth-order valence-electron chi connectivity index (χ4n) is 5.01. The summed E-state index contributed by atoms with van der Waals surface area (Å²) in [5, 5.41) is 10.1. The molecule has 4 nitrogen and oxygen atoms in total. The molecule has 2 aliphatic rings. The number of benzene rings is 2. The summed E-state index contributed by atoms with van der Waals surface area (Å²) in [7, 11) is 1.71. The number of H-pyrrole nitrogens is 1. The van der Waals surface area contributed by atoms with Crippen LogP contribution in [0.4, 0.5) is 8.78 Å². The second-order valence-corrected chi connectivity index (χ2v) is 8.79. The number of methoxy groups -OCH3 is 1. The zero-order valence-electron chi connectivity index (χ0n) is 17.7. The summed E-state index contributed by atoms with van der Waals surface area (Å²) in [6.07, 6.45) is 4.75. The smallest absolute Gasteiger partial charge is 0.131 e. The Bertz CT molecular complexity index is 1140. The van der Waals surface area contributed by atoms with Gasteiger partial charge in [-0.05, 0) is 61.6 Å². The first-order valence-electron chi connectivity index (χ1n) is 10.7. The standard InChI is InChI=1S/C25H26F2N2O2/c1-15-11-18-17-5-3-4-6-21(17)28-23(18)24(29(15)14-25(31-2)8-9-25)22-19(26)12-16(7-10-30)13-20(22)27/h3-7,10,12-13,15,24,28,30H,8-9,11,14H2,1-2H3/b10-7+. The fraction of sp³-hybridized carbons (Fsp3) is 0.360. The average molecular weight is 424 g/mol. The number of para-hydroxylation sites is 1. The maximum absolute atomic E-state index is 15.4. The lowest BCUT2D eigenvalue weighted by atomic mass is 9.87. The largest absolute Gasteiger partial charge is 0.516 e. The second-order valence-electron chi connectivity index (χ2n) is 8.79. The van der Waals surface area contributed by atoms with Crippen LogP contribution in [-0.2, 0) is 11.2 Å². The minimum atomic E-state index is -0.621. The predicted molar refractivity (Wildman–Crippen MR) is 117 cm³/mol. The Balaban J connectivity index is 1.71. The van der Waals surface area contributed by atoms with Crippen LogP contribution < -0.4 is 0 Å². The number of aromatic nitrogens is 1. The molecule has 3 aromatic rings. The molecule has 1 saturated carbocycles. The number of nitrogens with zero attached hydrogens (tertiary/aromatic N) is 1. The number of aliphatic hydroxyl groups excluding tert-OH is 1. The topological polar surface area (TPSA) is 48.5 Å². The Morgan fingerprint density at radius 1 is 1.23 bits per heavy atom. The summed E-state index contributed by atoms with van der Waals surface area (Å²) in [4.78, 5) is 5.64. The van der Waals surface area contributed by atoms with Crippen LogP contribution in [-0.4, -0.2) is 40.3 Å². The summed E-state index contributed by atoms with van der Waals surface area (Å²) >= 11 is 0. The van der Waals surface area contributed by atoms with E-state index in [0.717, 1.165) is 47.7 Å². The maximum Gasteiger partial charge on any atom is 0.131 e. The molecule has 1 aliphatic heterocycles. The van der Waals surface area contributed by atoms with E-state index < -0.39 is 17.7 Å². The molecule has 2 heterocycles. The Morgan fingerprint density at radius 2 is 1.94 bits per heavy atom. The lowest BCUT2D eigenvalue weighted by molar-refractivity contribution is 0.0145. The third-order valence-electron chi connectivity index (χ3n) is 6.87. The van der Waals surface area contributed by atoms with Crippen molar-refractivity contribution >= 4 is 17.0 Å². The van der Waals surface area contributed by atoms with E-state index in [-0.39, 0.29) is 22.8 Å². The molecular formula is C25H26F2N2O2. The molecule has 0 spiro atoms. The summed E-state index contributed by atoms with van der Waals surface area (Å²) in [6.45, 7) is 2.73. The zero-order chi connectivity index (χ0) is 21.8. The molecule has 162 valence electrons. The van der Waals surface area contributed by atoms with Crippen LogP contribution in [0.1, 0.15) is 48.2 Å². The van der Waals surface area contributed by atoms with E-state index in [1.807, 2.05) is 18.2 Å². The van der Waals surface area contributed by atoms with Crippen LogP contribution >= 0.6 is 0 Å². The number of ether oxygens (including phenoxy) is 1. The normalized spacial score (nSPS) is 22.8. The zero-order valence-corrected chi connectivity index (χ0v) is 17.7. The van der Waals surface area contributed by atoms with Crippen LogP contribution in [0.5, 0.6) is 0 Å². The molecule has 0 saturated heterocycles. The molecule has 1 fully saturated rings. The number of nitrogens with one attached hydrogen (secondary N) is 1. The van der Waals surface area contributed by atoms with Crippen LogP contribution in [0, 0.1) is 11.6 Å². The van der Waals surface area contributed by atoms with Gasteiger partial charge in [-0.15, -0.1) is 0 Å². The quantitative estimate of drug-likeness (QED) is 0.533. The van der Waals surface area contributed by atoms with Crippen molar-refractivity contribution in [3.05, 3.63) is 76.7 Å². The van der Waals surface area contributed by atoms with Gasteiger partial charge in [-0.1, -0.05) is 18.2 Å². The molecule has 0 bridgehead atoms. The third kappa shape index (κ3) is 3.34. The van der Waals surface area contributed by atoms with E-state index in [9.17, 15) is 0 Å². The Kier molecular flexibility index (Phi) is 4.87. The predicted octanol–water partition coefficient (Wildman–Crippen LogP) is 5.49. The van der Waals surface area contributed by atoms with Gasteiger partial charge >= 0.3 is 0 Å². The minimum Gasteiger partial charge on any atom is -0.516 e. The van der Waals surface area contributed by atoms with Crippen LogP contribution in [0.15, 0.2) is 42.7 Å². The molecule has 2 N–H and O–H groups in total. The van der Waals surface area contributed by atoms with Gasteiger partial charge in [0.15, 0.2) is 0 Å². The first-order valence-corrected chi connectivity index (χ1v) is 10.7. The van der Waals surface area contributed by atoms with Crippen LogP contribution in [0.25, 0.3) is 17.0 Å². The van der Waals surface area contributed by atoms with Crippen molar-refractivity contribution in [3.63, 3.8) is 0 Å². The van der Waals surface area contributed by atoms with Crippen molar-refractivity contribution in [2.24, 2.45) is 0 Å². The summed E-state index contributed by atoms with van der Waals surface area (Å²) < 4.78 is 36.5. The number of rotatable bonds is 5. The molecule has 0 radical (unpaired) electrons. The van der Waals surface area contributed by atoms with E-state index in [2.05, 4.69) is 22.9 Å². The van der Waals surface area contributed by atoms with Crippen LogP contribution in [0.3, 0.4) is 0 Å². The monoisotopic (exact) mass is 424 g/mol. The number of fused-ring (bicyclic) bond motifs is 3. The van der Waals surface area contributed by atoms with Crippen molar-refractivity contribution in [3.8, 4) is 0 Å². The SMILES string of the molecule is COC1(CN2C(C)Cc3c([nH]c4ccccc34)C2c2c(F)cc(/C=C/O)cc2F)CC1. The third-order valence-corrected chi connectivity index (χ3v) is 6.87. The van der Waals surface area contributed by atoms with E-state index in [1.165, 1.54) is 18.2 Å². The van der Waals surface area contributed by atoms with E-state index in [0.29, 0.717) is 6.54 Å². The van der Waals surface area contributed by atoms with Gasteiger partial charge in [0.2, 0.25) is 0 Å². The maximum atomic E-state index is 15.4. The first-order chi connectivity index (χ1) is 15.0. The van der Waals surface area contributed by atoms with Crippen molar-refractivity contribution in [2.45, 2.75) is 43.9 Å². The number of hydrogen-bond acceptors (Lipinski definition) is 3. The first kappa shape index (κ1) is 20.2. The molecule has 31 heavy (non-hydrogen) atoms. The van der Waals surface area contributed by atoms with Gasteiger partial charge in [-0.25, -0.2) is 8.78 Å². The van der Waals surface area contributed by atoms with Crippen molar-refractivity contribution in [2.75, 3.05) is 13.7 Å². The number of aromatic amines is 1. The lowest BCUT2D eigenvalue weighted by Gasteiger charge is -2.42. The van der Waals surface area contributed by atoms with Gasteiger partial charge in [0.1, 0.15) is 11.6 Å². The van der Waals surface area contributed by atoms with Gasteiger partial charge < -0.3 is 14.8 Å². The lowest BCUT2D eigenvalue weighted by Crippen LogP contribution is -2.47. The second kappa shape index (κ2) is 7.46. The van der Waals surface area contributed by atoms with E-state index in [1.54, 1.807) is 7.11 Å². The van der Waals surface area contributed by atoms with Gasteiger partial charge in [0.25, 0.3) is 0 Å². The van der Waals surface area contributed by atoms with Gasteiger partial charge in [-0.3, -0.25) is 4.90 Å². The molecule has 2 aromatic carbocycles. The van der Waals surface area contributed by atoms with Gasteiger partial charge in [0.05, 0.1) is 17.9 Å². The highest BCUT2D eigenvalue weighted by Gasteiger charge is 2.49. The number of halogens is 2. The Hall–Kier alpha value is -2.70. The van der Waals surface area contributed by atoms with Gasteiger partial charge in [-0.2, -0.15) is 0 Å². The summed E-state index contributed by atoms with van der Waals surface area (Å²) in [6, 6.07) is 10.0. The molecule has 1 aliphatic carbocycles. The Labute approximate surface area is 180 Å². The molecule has 2 unspecified atom stereocenters. The van der Waals surface area contributed by atoms with Crippen molar-refractivity contribution in [1.82, 2.24) is 9.88 Å². The summed E-state index contributed by atoms with van der Waals surface area (Å²) in [5.41, 5.74) is 2.99. The Morgan fingerprint density at radius 3 is 2.58 bits per heavy atom. The highest BCUT2D eigenvalue weighted by molar-refractivity contribution is 5.85. The fourth-order valence-corrected chi connectivity index (χ4v) is 5.01. The molecule has 0 amide bonds. The molecule has 1 aromatic heterocycles. The van der Waals surface area contributed by atoms with Crippen molar-refractivity contribution in [1.29, 1.82) is 0 Å². The number of aliphatic hydroxyl groups is 1. The van der Waals surface area contributed by atoms with Crippen molar-refractivity contribution < 1.29 is 18.6 Å². The molecule has 5 rings (SSSR count). The minimum absolute atomic E-state index is 0.0290. The molecule has 2 atom stereocenters. The molecule has 6 heteroatoms. The highest BCUT2D eigenvalue weighted by Crippen LogP contribution is 2.47. The average Bonchev–Trinajstić information content (AvgIpc) is 3.43. The van der Waals surface area contributed by atoms with Gasteiger partial charge in [0, 0.05) is 41.9 Å². The van der Waals surface area contributed by atoms with E-state index >= 15 is 8.78 Å². The molecular weight excluding hydrogens is 398 g/mol. The summed E-state index contributed by atoms with van der Waals surface area (Å²) in [5.74, 6) is -1.24.